The Morgan fingerprint density at radius 3 is 2.53 bits per heavy atom. The number of guanidine groups is 1. The van der Waals surface area contributed by atoms with Crippen LogP contribution in [0.5, 0.6) is 0 Å². The first-order valence-corrected chi connectivity index (χ1v) is 10.9. The molecular formula is C23H25Cl2N3O2. The van der Waals surface area contributed by atoms with Crippen LogP contribution in [0.4, 0.5) is 0 Å². The number of hydrogen-bond acceptors (Lipinski definition) is 4. The maximum absolute atomic E-state index is 13.1. The summed E-state index contributed by atoms with van der Waals surface area (Å²) in [5.74, 6) is 0.246. The van der Waals surface area contributed by atoms with Gasteiger partial charge in [-0.25, -0.2) is 4.99 Å². The summed E-state index contributed by atoms with van der Waals surface area (Å²) in [6.45, 7) is 3.20. The third-order valence-corrected chi connectivity index (χ3v) is 6.59. The van der Waals surface area contributed by atoms with Crippen LogP contribution >= 0.6 is 23.2 Å². The fourth-order valence-electron chi connectivity index (χ4n) is 4.30. The molecule has 5 nitrogen and oxygen atoms in total. The fraction of sp³-hybridized carbons (Fsp3) is 0.391. The summed E-state index contributed by atoms with van der Waals surface area (Å²) >= 11 is 12.8. The van der Waals surface area contributed by atoms with Crippen LogP contribution in [-0.4, -0.2) is 36.0 Å². The van der Waals surface area contributed by atoms with Gasteiger partial charge in [-0.1, -0.05) is 53.5 Å². The van der Waals surface area contributed by atoms with Gasteiger partial charge in [-0.05, 0) is 55.0 Å². The Hall–Kier alpha value is -2.08. The van der Waals surface area contributed by atoms with E-state index in [2.05, 4.69) is 0 Å². The molecule has 1 atom stereocenters. The first kappa shape index (κ1) is 21.2. The van der Waals surface area contributed by atoms with E-state index in [0.717, 1.165) is 29.5 Å². The van der Waals surface area contributed by atoms with Crippen LogP contribution in [0, 0.1) is 0 Å². The molecule has 30 heavy (non-hydrogen) atoms. The fourth-order valence-corrected chi connectivity index (χ4v) is 4.82. The molecule has 2 aliphatic heterocycles. The molecule has 1 saturated heterocycles. The Bertz CT molecular complexity index is 971. The van der Waals surface area contributed by atoms with E-state index < -0.39 is 5.54 Å². The molecule has 158 valence electrons. The monoisotopic (exact) mass is 445 g/mol. The predicted octanol–water partition coefficient (Wildman–Crippen LogP) is 4.53. The Morgan fingerprint density at radius 1 is 1.17 bits per heavy atom. The van der Waals surface area contributed by atoms with Crippen molar-refractivity contribution in [2.45, 2.75) is 44.2 Å². The Labute approximate surface area is 186 Å². The molecule has 0 aliphatic carbocycles. The van der Waals surface area contributed by atoms with Gasteiger partial charge in [0.15, 0.2) is 5.96 Å². The van der Waals surface area contributed by atoms with Gasteiger partial charge in [-0.2, -0.15) is 0 Å². The lowest BCUT2D eigenvalue weighted by Crippen LogP contribution is -2.55. The van der Waals surface area contributed by atoms with E-state index in [1.165, 1.54) is 0 Å². The van der Waals surface area contributed by atoms with E-state index in [1.807, 2.05) is 49.4 Å². The smallest absolute Gasteiger partial charge is 0.232 e. The van der Waals surface area contributed by atoms with Gasteiger partial charge in [0.25, 0.3) is 0 Å². The number of halogens is 2. The Balaban J connectivity index is 1.63. The SMILES string of the molecule is C[C@@]1(c2cccc(Cc3ccc(Cl)cc3)c2Cl)CC(=O)N(C2CCOCC2)C(N)=N1. The van der Waals surface area contributed by atoms with Crippen molar-refractivity contribution >= 4 is 35.1 Å². The third kappa shape index (κ3) is 4.20. The van der Waals surface area contributed by atoms with E-state index >= 15 is 0 Å². The molecule has 2 heterocycles. The topological polar surface area (TPSA) is 67.9 Å². The third-order valence-electron chi connectivity index (χ3n) is 5.90. The molecule has 2 aliphatic rings. The van der Waals surface area contributed by atoms with E-state index in [-0.39, 0.29) is 24.3 Å². The highest BCUT2D eigenvalue weighted by Crippen LogP contribution is 2.39. The zero-order valence-electron chi connectivity index (χ0n) is 16.9. The highest BCUT2D eigenvalue weighted by atomic mass is 35.5. The number of nitrogens with two attached hydrogens (primary N) is 1. The van der Waals surface area contributed by atoms with Gasteiger partial charge in [-0.3, -0.25) is 9.69 Å². The van der Waals surface area contributed by atoms with Crippen LogP contribution in [-0.2, 0) is 21.5 Å². The number of ether oxygens (including phenoxy) is 1. The largest absolute Gasteiger partial charge is 0.381 e. The second-order valence-electron chi connectivity index (χ2n) is 8.11. The number of carbonyl (C=O) groups is 1. The summed E-state index contributed by atoms with van der Waals surface area (Å²) in [5, 5.41) is 1.32. The highest BCUT2D eigenvalue weighted by molar-refractivity contribution is 6.32. The van der Waals surface area contributed by atoms with E-state index in [4.69, 9.17) is 38.7 Å². The van der Waals surface area contributed by atoms with Gasteiger partial charge in [0.2, 0.25) is 5.91 Å². The average molecular weight is 446 g/mol. The molecule has 0 spiro atoms. The second kappa shape index (κ2) is 8.58. The minimum atomic E-state index is -0.796. The number of carbonyl (C=O) groups excluding carboxylic acids is 1. The van der Waals surface area contributed by atoms with Crippen molar-refractivity contribution in [1.29, 1.82) is 0 Å². The van der Waals surface area contributed by atoms with Crippen LogP contribution in [0.25, 0.3) is 0 Å². The molecule has 0 saturated carbocycles. The maximum Gasteiger partial charge on any atom is 0.232 e. The van der Waals surface area contributed by atoms with Crippen molar-refractivity contribution in [1.82, 2.24) is 4.90 Å². The van der Waals surface area contributed by atoms with Gasteiger partial charge >= 0.3 is 0 Å². The molecule has 2 aromatic rings. The molecule has 0 bridgehead atoms. The predicted molar refractivity (Wildman–Crippen MR) is 120 cm³/mol. The van der Waals surface area contributed by atoms with E-state index in [1.54, 1.807) is 4.90 Å². The molecule has 2 aromatic carbocycles. The van der Waals surface area contributed by atoms with Gasteiger partial charge in [0.1, 0.15) is 0 Å². The number of hydrogen-bond donors (Lipinski definition) is 1. The molecule has 2 N–H and O–H groups in total. The van der Waals surface area contributed by atoms with Crippen LogP contribution in [0.15, 0.2) is 47.5 Å². The van der Waals surface area contributed by atoms with Crippen molar-refractivity contribution in [2.24, 2.45) is 10.7 Å². The van der Waals surface area contributed by atoms with Gasteiger partial charge < -0.3 is 10.5 Å². The first-order chi connectivity index (χ1) is 14.4. The lowest BCUT2D eigenvalue weighted by atomic mass is 9.85. The molecule has 0 radical (unpaired) electrons. The lowest BCUT2D eigenvalue weighted by molar-refractivity contribution is -0.132. The van der Waals surface area contributed by atoms with Crippen molar-refractivity contribution in [3.8, 4) is 0 Å². The summed E-state index contributed by atoms with van der Waals surface area (Å²) < 4.78 is 5.41. The molecule has 1 fully saturated rings. The first-order valence-electron chi connectivity index (χ1n) is 10.1. The van der Waals surface area contributed by atoms with E-state index in [9.17, 15) is 4.79 Å². The summed E-state index contributed by atoms with van der Waals surface area (Å²) in [6, 6.07) is 13.6. The summed E-state index contributed by atoms with van der Waals surface area (Å²) in [6.07, 6.45) is 2.45. The van der Waals surface area contributed by atoms with Crippen molar-refractivity contribution in [3.63, 3.8) is 0 Å². The van der Waals surface area contributed by atoms with E-state index in [0.29, 0.717) is 29.7 Å². The molecule has 4 rings (SSSR count). The van der Waals surface area contributed by atoms with Crippen molar-refractivity contribution in [2.75, 3.05) is 13.2 Å². The lowest BCUT2D eigenvalue weighted by Gasteiger charge is -2.40. The number of rotatable bonds is 4. The molecule has 1 amide bonds. The zero-order valence-corrected chi connectivity index (χ0v) is 18.4. The number of benzene rings is 2. The summed E-state index contributed by atoms with van der Waals surface area (Å²) in [7, 11) is 0. The summed E-state index contributed by atoms with van der Waals surface area (Å²) in [4.78, 5) is 19.5. The Kier molecular flexibility index (Phi) is 6.05. The number of aliphatic imine (C=N–C) groups is 1. The second-order valence-corrected chi connectivity index (χ2v) is 8.92. The van der Waals surface area contributed by atoms with Crippen LogP contribution in [0.1, 0.15) is 42.9 Å². The van der Waals surface area contributed by atoms with Crippen molar-refractivity contribution in [3.05, 3.63) is 69.2 Å². The number of nitrogens with zero attached hydrogens (tertiary/aromatic N) is 2. The van der Waals surface area contributed by atoms with Crippen LogP contribution in [0.3, 0.4) is 0 Å². The minimum Gasteiger partial charge on any atom is -0.381 e. The average Bonchev–Trinajstić information content (AvgIpc) is 2.71. The molecule has 0 unspecified atom stereocenters. The zero-order chi connectivity index (χ0) is 21.3. The van der Waals surface area contributed by atoms with Crippen LogP contribution < -0.4 is 5.73 Å². The summed E-state index contributed by atoms with van der Waals surface area (Å²) in [5.41, 5.74) is 8.41. The number of amides is 1. The Morgan fingerprint density at radius 2 is 1.87 bits per heavy atom. The molecular weight excluding hydrogens is 421 g/mol. The quantitative estimate of drug-likeness (QED) is 0.751. The maximum atomic E-state index is 13.1. The van der Waals surface area contributed by atoms with Crippen LogP contribution in [0.2, 0.25) is 10.0 Å². The van der Waals surface area contributed by atoms with Crippen molar-refractivity contribution < 1.29 is 9.53 Å². The van der Waals surface area contributed by atoms with Gasteiger partial charge in [-0.15, -0.1) is 0 Å². The highest BCUT2D eigenvalue weighted by Gasteiger charge is 2.41. The molecule has 0 aromatic heterocycles. The normalized spacial score (nSPS) is 22.8. The minimum absolute atomic E-state index is 0.0175. The standard InChI is InChI=1S/C23H25Cl2N3O2/c1-23(14-20(29)28(22(26)27-23)18-9-11-30-12-10-18)19-4-2-3-16(21(19)25)13-15-5-7-17(24)8-6-15/h2-8,18H,9-14H2,1H3,(H2,26,27)/t23-/m0/s1. The van der Waals surface area contributed by atoms with Gasteiger partial charge in [0, 0.05) is 29.3 Å². The van der Waals surface area contributed by atoms with Gasteiger partial charge in [0.05, 0.1) is 12.0 Å². The molecule has 7 heteroatoms.